The Balaban J connectivity index is 2.46. The smallest absolute Gasteiger partial charge is 0.240 e. The molecule has 1 aromatic rings. The third-order valence-electron chi connectivity index (χ3n) is 2.95. The van der Waals surface area contributed by atoms with Gasteiger partial charge in [0.2, 0.25) is 5.91 Å². The van der Waals surface area contributed by atoms with Crippen LogP contribution in [0.5, 0.6) is 0 Å². The number of aromatic nitrogens is 3. The summed E-state index contributed by atoms with van der Waals surface area (Å²) in [6.07, 6.45) is 4.35. The Morgan fingerprint density at radius 2 is 2.24 bits per heavy atom. The Morgan fingerprint density at radius 3 is 2.71 bits per heavy atom. The fraction of sp³-hybridized carbons (Fsp3) is 0.636. The molecule has 0 aromatic carbocycles. The van der Waals surface area contributed by atoms with Crippen molar-refractivity contribution in [1.29, 1.82) is 5.26 Å². The molecule has 1 rings (SSSR count). The standard InChI is InChI=1S/C11H17N5O/c1-3-11(4-2,9-12)10(17)13-5-7-16-8-6-14-15-16/h6,8H,3-5,7H2,1-2H3,(H,13,17). The molecule has 0 atom stereocenters. The van der Waals surface area contributed by atoms with E-state index in [2.05, 4.69) is 21.7 Å². The molecular weight excluding hydrogens is 218 g/mol. The molecule has 0 radical (unpaired) electrons. The van der Waals surface area contributed by atoms with E-state index in [1.54, 1.807) is 17.1 Å². The summed E-state index contributed by atoms with van der Waals surface area (Å²) < 4.78 is 1.63. The quantitative estimate of drug-likeness (QED) is 0.787. The van der Waals surface area contributed by atoms with Gasteiger partial charge in [0, 0.05) is 12.7 Å². The molecule has 6 nitrogen and oxygen atoms in total. The lowest BCUT2D eigenvalue weighted by atomic mass is 9.83. The number of nitrogens with zero attached hydrogens (tertiary/aromatic N) is 4. The van der Waals surface area contributed by atoms with Gasteiger partial charge < -0.3 is 5.32 Å². The minimum absolute atomic E-state index is 0.204. The van der Waals surface area contributed by atoms with Crippen LogP contribution in [-0.2, 0) is 11.3 Å². The van der Waals surface area contributed by atoms with E-state index in [1.807, 2.05) is 13.8 Å². The first kappa shape index (κ1) is 13.2. The van der Waals surface area contributed by atoms with Crippen molar-refractivity contribution in [3.8, 4) is 6.07 Å². The summed E-state index contributed by atoms with van der Waals surface area (Å²) >= 11 is 0. The van der Waals surface area contributed by atoms with Gasteiger partial charge in [-0.1, -0.05) is 19.1 Å². The number of nitrogens with one attached hydrogen (secondary N) is 1. The van der Waals surface area contributed by atoms with Crippen molar-refractivity contribution in [2.45, 2.75) is 33.2 Å². The van der Waals surface area contributed by atoms with E-state index >= 15 is 0 Å². The second-order valence-corrected chi connectivity index (χ2v) is 3.82. The summed E-state index contributed by atoms with van der Waals surface area (Å²) in [6.45, 7) is 4.71. The topological polar surface area (TPSA) is 83.6 Å². The van der Waals surface area contributed by atoms with Crippen LogP contribution in [0.2, 0.25) is 0 Å². The Bertz CT molecular complexity index is 388. The first-order chi connectivity index (χ1) is 8.18. The minimum atomic E-state index is -0.900. The number of nitriles is 1. The molecule has 0 bridgehead atoms. The van der Waals surface area contributed by atoms with Crippen LogP contribution in [0, 0.1) is 16.7 Å². The lowest BCUT2D eigenvalue weighted by Gasteiger charge is -2.21. The Hall–Kier alpha value is -1.90. The highest BCUT2D eigenvalue weighted by molar-refractivity contribution is 5.85. The fourth-order valence-electron chi connectivity index (χ4n) is 1.59. The summed E-state index contributed by atoms with van der Waals surface area (Å²) in [5.41, 5.74) is -0.900. The van der Waals surface area contributed by atoms with E-state index in [9.17, 15) is 4.79 Å². The summed E-state index contributed by atoms with van der Waals surface area (Å²) in [5.74, 6) is -0.204. The lowest BCUT2D eigenvalue weighted by Crippen LogP contribution is -2.40. The third-order valence-corrected chi connectivity index (χ3v) is 2.95. The number of carbonyl (C=O) groups is 1. The number of hydrogen-bond acceptors (Lipinski definition) is 4. The largest absolute Gasteiger partial charge is 0.353 e. The number of rotatable bonds is 6. The molecule has 0 saturated carbocycles. The zero-order valence-electron chi connectivity index (χ0n) is 10.2. The molecule has 6 heteroatoms. The molecule has 0 aliphatic rings. The van der Waals surface area contributed by atoms with Crippen LogP contribution in [-0.4, -0.2) is 27.4 Å². The second-order valence-electron chi connectivity index (χ2n) is 3.82. The molecule has 0 fully saturated rings. The molecule has 0 spiro atoms. The maximum atomic E-state index is 11.9. The van der Waals surface area contributed by atoms with E-state index in [0.29, 0.717) is 25.9 Å². The number of carbonyl (C=O) groups excluding carboxylic acids is 1. The molecule has 0 saturated heterocycles. The second kappa shape index (κ2) is 5.99. The highest BCUT2D eigenvalue weighted by Gasteiger charge is 2.34. The van der Waals surface area contributed by atoms with Crippen LogP contribution in [0.3, 0.4) is 0 Å². The van der Waals surface area contributed by atoms with E-state index in [0.717, 1.165) is 0 Å². The van der Waals surface area contributed by atoms with Gasteiger partial charge in [-0.2, -0.15) is 5.26 Å². The Kier molecular flexibility index (Phi) is 4.64. The Labute approximate surface area is 101 Å². The normalized spacial score (nSPS) is 10.9. The molecule has 0 aliphatic carbocycles. The van der Waals surface area contributed by atoms with Crippen molar-refractivity contribution >= 4 is 5.91 Å². The predicted octanol–water partition coefficient (Wildman–Crippen LogP) is 0.724. The van der Waals surface area contributed by atoms with Crippen molar-refractivity contribution < 1.29 is 4.79 Å². The van der Waals surface area contributed by atoms with Crippen LogP contribution < -0.4 is 5.32 Å². The van der Waals surface area contributed by atoms with E-state index < -0.39 is 5.41 Å². The molecule has 1 aromatic heterocycles. The van der Waals surface area contributed by atoms with Gasteiger partial charge in [-0.05, 0) is 12.8 Å². The maximum absolute atomic E-state index is 11.9. The molecule has 17 heavy (non-hydrogen) atoms. The predicted molar refractivity (Wildman–Crippen MR) is 61.7 cm³/mol. The van der Waals surface area contributed by atoms with Gasteiger partial charge in [-0.3, -0.25) is 9.48 Å². The highest BCUT2D eigenvalue weighted by Crippen LogP contribution is 2.25. The van der Waals surface area contributed by atoms with Gasteiger partial charge in [0.05, 0.1) is 18.8 Å². The Morgan fingerprint density at radius 1 is 1.53 bits per heavy atom. The van der Waals surface area contributed by atoms with Crippen molar-refractivity contribution in [1.82, 2.24) is 20.3 Å². The van der Waals surface area contributed by atoms with Crippen LogP contribution in [0.4, 0.5) is 0 Å². The first-order valence-electron chi connectivity index (χ1n) is 5.72. The van der Waals surface area contributed by atoms with Gasteiger partial charge in [0.25, 0.3) is 0 Å². The van der Waals surface area contributed by atoms with Gasteiger partial charge in [-0.25, -0.2) is 0 Å². The maximum Gasteiger partial charge on any atom is 0.240 e. The number of hydrogen-bond donors (Lipinski definition) is 1. The molecule has 0 unspecified atom stereocenters. The summed E-state index contributed by atoms with van der Waals surface area (Å²) in [7, 11) is 0. The number of amides is 1. The molecule has 1 amide bonds. The van der Waals surface area contributed by atoms with E-state index in [4.69, 9.17) is 5.26 Å². The summed E-state index contributed by atoms with van der Waals surface area (Å²) in [5, 5.41) is 19.3. The van der Waals surface area contributed by atoms with Crippen LogP contribution in [0.15, 0.2) is 12.4 Å². The third kappa shape index (κ3) is 3.03. The lowest BCUT2D eigenvalue weighted by molar-refractivity contribution is -0.128. The van der Waals surface area contributed by atoms with E-state index in [1.165, 1.54) is 0 Å². The van der Waals surface area contributed by atoms with Crippen molar-refractivity contribution in [3.05, 3.63) is 12.4 Å². The van der Waals surface area contributed by atoms with Crippen LogP contribution in [0.1, 0.15) is 26.7 Å². The summed E-state index contributed by atoms with van der Waals surface area (Å²) in [6, 6.07) is 2.11. The fourth-order valence-corrected chi connectivity index (χ4v) is 1.59. The van der Waals surface area contributed by atoms with Gasteiger partial charge in [0.1, 0.15) is 5.41 Å². The highest BCUT2D eigenvalue weighted by atomic mass is 16.2. The zero-order chi connectivity index (χ0) is 12.7. The first-order valence-corrected chi connectivity index (χ1v) is 5.72. The minimum Gasteiger partial charge on any atom is -0.353 e. The van der Waals surface area contributed by atoms with Crippen molar-refractivity contribution in [2.75, 3.05) is 6.54 Å². The average molecular weight is 235 g/mol. The monoisotopic (exact) mass is 235 g/mol. The van der Waals surface area contributed by atoms with Crippen molar-refractivity contribution in [3.63, 3.8) is 0 Å². The average Bonchev–Trinajstić information content (AvgIpc) is 2.85. The van der Waals surface area contributed by atoms with Gasteiger partial charge >= 0.3 is 0 Å². The molecule has 0 aliphatic heterocycles. The van der Waals surface area contributed by atoms with Crippen molar-refractivity contribution in [2.24, 2.45) is 5.41 Å². The molecule has 92 valence electrons. The van der Waals surface area contributed by atoms with Gasteiger partial charge in [0.15, 0.2) is 0 Å². The van der Waals surface area contributed by atoms with E-state index in [-0.39, 0.29) is 5.91 Å². The van der Waals surface area contributed by atoms with Crippen LogP contribution in [0.25, 0.3) is 0 Å². The van der Waals surface area contributed by atoms with Crippen LogP contribution >= 0.6 is 0 Å². The summed E-state index contributed by atoms with van der Waals surface area (Å²) in [4.78, 5) is 11.9. The molecule has 1 N–H and O–H groups in total. The SMILES string of the molecule is CCC(C#N)(CC)C(=O)NCCn1ccnn1. The van der Waals surface area contributed by atoms with Gasteiger partial charge in [-0.15, -0.1) is 5.10 Å². The zero-order valence-corrected chi connectivity index (χ0v) is 10.2. The molecule has 1 heterocycles. The molecular formula is C11H17N5O.